The summed E-state index contributed by atoms with van der Waals surface area (Å²) in [5.41, 5.74) is 1.93. The first kappa shape index (κ1) is 29.5. The van der Waals surface area contributed by atoms with Gasteiger partial charge in [-0.15, -0.1) is 0 Å². The Bertz CT molecular complexity index is 1460. The van der Waals surface area contributed by atoms with Gasteiger partial charge in [0.2, 0.25) is 11.9 Å². The number of nitrogens with zero attached hydrogens (tertiary/aromatic N) is 4. The molecule has 3 N–H and O–H groups in total. The van der Waals surface area contributed by atoms with Crippen LogP contribution in [-0.4, -0.2) is 71.7 Å². The van der Waals surface area contributed by atoms with Crippen LogP contribution in [-0.2, 0) is 9.59 Å². The molecule has 1 fully saturated rings. The van der Waals surface area contributed by atoms with E-state index in [1.807, 2.05) is 18.2 Å². The number of Topliss-reactive ketones (excluding diaryl/α,β-unsaturated/α-hetero) is 1. The first-order chi connectivity index (χ1) is 19.7. The number of ketones is 1. The van der Waals surface area contributed by atoms with E-state index in [9.17, 15) is 14.4 Å². The van der Waals surface area contributed by atoms with Gasteiger partial charge in [-0.1, -0.05) is 24.2 Å². The summed E-state index contributed by atoms with van der Waals surface area (Å²) >= 11 is 6.19. The number of amides is 2. The van der Waals surface area contributed by atoms with Crippen LogP contribution in [0.1, 0.15) is 34.9 Å². The summed E-state index contributed by atoms with van der Waals surface area (Å²) < 4.78 is 5.56. The summed E-state index contributed by atoms with van der Waals surface area (Å²) in [6.07, 6.45) is 4.57. The van der Waals surface area contributed by atoms with Crippen LogP contribution >= 0.6 is 11.6 Å². The first-order valence-corrected chi connectivity index (χ1v) is 13.4. The lowest BCUT2D eigenvalue weighted by Crippen LogP contribution is -2.39. The Labute approximate surface area is 243 Å². The van der Waals surface area contributed by atoms with Crippen molar-refractivity contribution in [2.45, 2.75) is 19.0 Å². The largest absolute Gasteiger partial charge is 0.495 e. The molecule has 0 bridgehead atoms. The third-order valence-corrected chi connectivity index (χ3v) is 6.74. The van der Waals surface area contributed by atoms with Crippen LogP contribution < -0.4 is 20.7 Å². The fraction of sp³-hybridized carbons (Fsp3) is 0.276. The summed E-state index contributed by atoms with van der Waals surface area (Å²) in [5.74, 6) is -0.448. The van der Waals surface area contributed by atoms with Gasteiger partial charge in [-0.05, 0) is 60.9 Å². The minimum atomic E-state index is -0.681. The van der Waals surface area contributed by atoms with Gasteiger partial charge in [-0.3, -0.25) is 19.3 Å². The SMILES string of the molecule is C=CC(=O)NC(c1ccc(OC)c(Nc2nccc(Nc3cc(Cl)ccc3C(=O)C(=O)N(C)C)n2)c1)N1CCCC1. The minimum absolute atomic E-state index is 0.158. The lowest BCUT2D eigenvalue weighted by molar-refractivity contribution is -0.124. The third kappa shape index (κ3) is 7.19. The van der Waals surface area contributed by atoms with Gasteiger partial charge in [0.05, 0.1) is 24.0 Å². The zero-order valence-electron chi connectivity index (χ0n) is 23.1. The maximum absolute atomic E-state index is 12.8. The van der Waals surface area contributed by atoms with Gasteiger partial charge in [0.25, 0.3) is 11.7 Å². The molecular formula is C29H32ClN7O4. The summed E-state index contributed by atoms with van der Waals surface area (Å²) in [4.78, 5) is 49.6. The maximum Gasteiger partial charge on any atom is 0.294 e. The normalized spacial score (nSPS) is 13.7. The molecular weight excluding hydrogens is 546 g/mol. The van der Waals surface area contributed by atoms with Crippen LogP contribution in [0.15, 0.2) is 61.3 Å². The molecule has 11 nitrogen and oxygen atoms in total. The number of aromatic nitrogens is 2. The quantitative estimate of drug-likeness (QED) is 0.174. The third-order valence-electron chi connectivity index (χ3n) is 6.50. The predicted octanol–water partition coefficient (Wildman–Crippen LogP) is 4.29. The van der Waals surface area contributed by atoms with Crippen molar-refractivity contribution < 1.29 is 19.1 Å². The number of benzene rings is 2. The molecule has 1 atom stereocenters. The second-order valence-corrected chi connectivity index (χ2v) is 9.99. The van der Waals surface area contributed by atoms with Crippen molar-refractivity contribution in [1.29, 1.82) is 0 Å². The molecule has 12 heteroatoms. The zero-order valence-corrected chi connectivity index (χ0v) is 23.9. The summed E-state index contributed by atoms with van der Waals surface area (Å²) in [5, 5.41) is 9.67. The molecule has 0 saturated carbocycles. The Morgan fingerprint density at radius 3 is 2.51 bits per heavy atom. The Kier molecular flexibility index (Phi) is 9.53. The number of ether oxygens (including phenoxy) is 1. The fourth-order valence-electron chi connectivity index (χ4n) is 4.46. The number of nitrogens with one attached hydrogen (secondary N) is 3. The van der Waals surface area contributed by atoms with Crippen LogP contribution in [0.25, 0.3) is 0 Å². The van der Waals surface area contributed by atoms with Crippen molar-refractivity contribution >= 4 is 52.3 Å². The van der Waals surface area contributed by atoms with Crippen molar-refractivity contribution in [3.8, 4) is 5.75 Å². The highest BCUT2D eigenvalue weighted by Gasteiger charge is 2.26. The van der Waals surface area contributed by atoms with Crippen LogP contribution in [0.2, 0.25) is 5.02 Å². The number of carbonyl (C=O) groups excluding carboxylic acids is 3. The average Bonchev–Trinajstić information content (AvgIpc) is 3.50. The highest BCUT2D eigenvalue weighted by molar-refractivity contribution is 6.44. The smallest absolute Gasteiger partial charge is 0.294 e. The van der Waals surface area contributed by atoms with Gasteiger partial charge in [0.1, 0.15) is 17.7 Å². The molecule has 4 rings (SSSR count). The molecule has 2 heterocycles. The number of hydrogen-bond acceptors (Lipinski definition) is 9. The fourth-order valence-corrected chi connectivity index (χ4v) is 4.63. The highest BCUT2D eigenvalue weighted by Crippen LogP contribution is 2.33. The van der Waals surface area contributed by atoms with Crippen molar-refractivity contribution in [2.24, 2.45) is 0 Å². The topological polar surface area (TPSA) is 129 Å². The van der Waals surface area contributed by atoms with Gasteiger partial charge in [-0.25, -0.2) is 4.98 Å². The maximum atomic E-state index is 12.8. The van der Waals surface area contributed by atoms with Gasteiger partial charge in [-0.2, -0.15) is 4.98 Å². The minimum Gasteiger partial charge on any atom is -0.495 e. The van der Waals surface area contributed by atoms with Crippen molar-refractivity contribution in [1.82, 2.24) is 25.1 Å². The lowest BCUT2D eigenvalue weighted by Gasteiger charge is -2.29. The number of hydrogen-bond donors (Lipinski definition) is 3. The van der Waals surface area contributed by atoms with E-state index in [4.69, 9.17) is 16.3 Å². The van der Waals surface area contributed by atoms with E-state index < -0.39 is 11.7 Å². The van der Waals surface area contributed by atoms with E-state index in [1.165, 1.54) is 31.1 Å². The number of anilines is 4. The van der Waals surface area contributed by atoms with Gasteiger partial charge in [0.15, 0.2) is 0 Å². The molecule has 1 aliphatic rings. The Balaban J connectivity index is 1.62. The van der Waals surface area contributed by atoms with Crippen LogP contribution in [0.5, 0.6) is 5.75 Å². The molecule has 1 saturated heterocycles. The van der Waals surface area contributed by atoms with Gasteiger partial charge >= 0.3 is 0 Å². The molecule has 0 spiro atoms. The molecule has 1 aliphatic heterocycles. The lowest BCUT2D eigenvalue weighted by atomic mass is 10.1. The van der Waals surface area contributed by atoms with E-state index >= 15 is 0 Å². The molecule has 1 aromatic heterocycles. The van der Waals surface area contributed by atoms with Crippen molar-refractivity contribution in [3.63, 3.8) is 0 Å². The molecule has 2 amide bonds. The average molecular weight is 578 g/mol. The monoisotopic (exact) mass is 577 g/mol. The number of carbonyl (C=O) groups is 3. The molecule has 214 valence electrons. The molecule has 0 radical (unpaired) electrons. The summed E-state index contributed by atoms with van der Waals surface area (Å²) in [6, 6.07) is 11.8. The number of likely N-dealkylation sites (N-methyl/N-ethyl adjacent to an activating group) is 1. The van der Waals surface area contributed by atoms with Crippen LogP contribution in [0, 0.1) is 0 Å². The highest BCUT2D eigenvalue weighted by atomic mass is 35.5. The number of halogens is 1. The van der Waals surface area contributed by atoms with Crippen molar-refractivity contribution in [2.75, 3.05) is 44.9 Å². The van der Waals surface area contributed by atoms with E-state index in [2.05, 4.69) is 37.4 Å². The Morgan fingerprint density at radius 2 is 1.83 bits per heavy atom. The van der Waals surface area contributed by atoms with E-state index in [0.29, 0.717) is 28.0 Å². The molecule has 2 aromatic carbocycles. The number of likely N-dealkylation sites (tertiary alicyclic amines) is 1. The van der Waals surface area contributed by atoms with Crippen LogP contribution in [0.3, 0.4) is 0 Å². The van der Waals surface area contributed by atoms with E-state index in [0.717, 1.165) is 31.5 Å². The molecule has 3 aromatic rings. The van der Waals surface area contributed by atoms with E-state index in [-0.39, 0.29) is 23.6 Å². The van der Waals surface area contributed by atoms with E-state index in [1.54, 1.807) is 31.5 Å². The summed E-state index contributed by atoms with van der Waals surface area (Å²) in [6.45, 7) is 5.30. The Hall–Kier alpha value is -4.48. The summed E-state index contributed by atoms with van der Waals surface area (Å²) in [7, 11) is 4.58. The number of methoxy groups -OCH3 is 1. The molecule has 1 unspecified atom stereocenters. The zero-order chi connectivity index (χ0) is 29.5. The standard InChI is InChI=1S/C29H32ClN7O4/c1-5-25(38)35-27(37-14-6-7-15-37)18-8-11-23(41-4)22(16-18)33-29-31-13-12-24(34-29)32-21-17-19(30)9-10-20(21)26(39)28(40)36(2)3/h5,8-13,16-17,27H,1,6-7,14-15H2,2-4H3,(H,35,38)(H2,31,32,33,34). The van der Waals surface area contributed by atoms with Crippen LogP contribution in [0.4, 0.5) is 23.1 Å². The predicted molar refractivity (Wildman–Crippen MR) is 158 cm³/mol. The second-order valence-electron chi connectivity index (χ2n) is 9.55. The second kappa shape index (κ2) is 13.2. The first-order valence-electron chi connectivity index (χ1n) is 13.0. The Morgan fingerprint density at radius 1 is 1.07 bits per heavy atom. The van der Waals surface area contributed by atoms with Gasteiger partial charge < -0.3 is 25.6 Å². The van der Waals surface area contributed by atoms with Crippen molar-refractivity contribution in [3.05, 3.63) is 77.5 Å². The van der Waals surface area contributed by atoms with Gasteiger partial charge in [0, 0.05) is 38.4 Å². The molecule has 41 heavy (non-hydrogen) atoms. The number of rotatable bonds is 11. The molecule has 0 aliphatic carbocycles.